The largest absolute Gasteiger partial charge is 0.389 e. The standard InChI is InChI=1S/C7H11N3O3/c1-5(11)4-9-6(2)8-3-7(9)10(12)13/h3,5,11H,4H2,1-2H3/i5D. The van der Waals surface area contributed by atoms with Gasteiger partial charge in [0.2, 0.25) is 0 Å². The molecule has 13 heavy (non-hydrogen) atoms. The van der Waals surface area contributed by atoms with Crippen molar-refractivity contribution < 1.29 is 11.4 Å². The fraction of sp³-hybridized carbons (Fsp3) is 0.571. The first-order valence-electron chi connectivity index (χ1n) is 4.20. The number of imidazole rings is 1. The van der Waals surface area contributed by atoms with Crippen molar-refractivity contribution in [2.45, 2.75) is 26.5 Å². The van der Waals surface area contributed by atoms with Gasteiger partial charge in [-0.25, -0.2) is 9.55 Å². The molecule has 1 N–H and O–H groups in total. The van der Waals surface area contributed by atoms with Gasteiger partial charge in [0.05, 0.1) is 7.45 Å². The highest BCUT2D eigenvalue weighted by molar-refractivity contribution is 5.18. The minimum absolute atomic E-state index is 0.171. The van der Waals surface area contributed by atoms with Gasteiger partial charge in [0, 0.05) is 6.92 Å². The highest BCUT2D eigenvalue weighted by Gasteiger charge is 2.18. The Morgan fingerprint density at radius 2 is 2.62 bits per heavy atom. The van der Waals surface area contributed by atoms with Gasteiger partial charge in [-0.05, 0) is 11.8 Å². The zero-order valence-corrected chi connectivity index (χ0v) is 7.39. The van der Waals surface area contributed by atoms with Gasteiger partial charge >= 0.3 is 5.82 Å². The molecule has 0 amide bonds. The van der Waals surface area contributed by atoms with Gasteiger partial charge in [0.1, 0.15) is 12.7 Å². The molecule has 6 nitrogen and oxygen atoms in total. The molecule has 1 atom stereocenters. The number of nitro groups is 1. The third-order valence-electron chi connectivity index (χ3n) is 1.61. The second-order valence-electron chi connectivity index (χ2n) is 2.74. The second kappa shape index (κ2) is 3.53. The zero-order valence-electron chi connectivity index (χ0n) is 8.39. The van der Waals surface area contributed by atoms with Crippen LogP contribution in [-0.4, -0.2) is 25.7 Å². The SMILES string of the molecule is [2H]C(C)(O)Cn1c([N+](=O)[O-])cnc1C. The fourth-order valence-corrected chi connectivity index (χ4v) is 1.03. The van der Waals surface area contributed by atoms with Crippen LogP contribution in [0.4, 0.5) is 5.82 Å². The molecule has 0 aliphatic rings. The summed E-state index contributed by atoms with van der Waals surface area (Å²) in [6.45, 7) is 2.67. The molecule has 0 saturated heterocycles. The van der Waals surface area contributed by atoms with Gasteiger partial charge in [0.25, 0.3) is 0 Å². The number of nitrogens with zero attached hydrogens (tertiary/aromatic N) is 3. The lowest BCUT2D eigenvalue weighted by molar-refractivity contribution is -0.392. The van der Waals surface area contributed by atoms with Crippen LogP contribution in [0.25, 0.3) is 0 Å². The predicted molar refractivity (Wildman–Crippen MR) is 45.3 cm³/mol. The predicted octanol–water partition coefficient (Wildman–Crippen LogP) is 0.481. The first-order valence-corrected chi connectivity index (χ1v) is 3.70. The molecule has 1 unspecified atom stereocenters. The van der Waals surface area contributed by atoms with Gasteiger partial charge in [-0.1, -0.05) is 0 Å². The number of hydrogen-bond donors (Lipinski definition) is 1. The Bertz CT molecular complexity index is 356. The van der Waals surface area contributed by atoms with E-state index >= 15 is 0 Å². The van der Waals surface area contributed by atoms with Crippen molar-refractivity contribution in [1.82, 2.24) is 9.55 Å². The summed E-state index contributed by atoms with van der Waals surface area (Å²) in [4.78, 5) is 13.7. The van der Waals surface area contributed by atoms with Crippen LogP contribution in [0.5, 0.6) is 0 Å². The molecule has 0 fully saturated rings. The Morgan fingerprint density at radius 3 is 3.08 bits per heavy atom. The van der Waals surface area contributed by atoms with Crippen molar-refractivity contribution in [1.29, 1.82) is 0 Å². The van der Waals surface area contributed by atoms with E-state index in [1.807, 2.05) is 0 Å². The Labute approximate surface area is 76.4 Å². The summed E-state index contributed by atoms with van der Waals surface area (Å²) in [5.74, 6) is 0.194. The number of aromatic nitrogens is 2. The van der Waals surface area contributed by atoms with E-state index in [9.17, 15) is 15.2 Å². The van der Waals surface area contributed by atoms with Crippen LogP contribution in [-0.2, 0) is 6.54 Å². The molecule has 0 saturated carbocycles. The van der Waals surface area contributed by atoms with Crippen LogP contribution in [0.15, 0.2) is 6.20 Å². The van der Waals surface area contributed by atoms with Crippen LogP contribution in [0.3, 0.4) is 0 Å². The quantitative estimate of drug-likeness (QED) is 0.550. The van der Waals surface area contributed by atoms with Crippen molar-refractivity contribution in [3.05, 3.63) is 22.1 Å². The third-order valence-corrected chi connectivity index (χ3v) is 1.61. The first-order chi connectivity index (χ1) is 6.31. The summed E-state index contributed by atoms with van der Waals surface area (Å²) in [5, 5.41) is 19.7. The van der Waals surface area contributed by atoms with Crippen molar-refractivity contribution in [3.8, 4) is 0 Å². The average molecular weight is 186 g/mol. The number of aryl methyl sites for hydroxylation is 1. The maximum Gasteiger partial charge on any atom is 0.342 e. The lowest BCUT2D eigenvalue weighted by Crippen LogP contribution is -2.14. The number of aliphatic hydroxyl groups is 1. The summed E-state index contributed by atoms with van der Waals surface area (Å²) >= 11 is 0. The summed E-state index contributed by atoms with van der Waals surface area (Å²) < 4.78 is 8.43. The van der Waals surface area contributed by atoms with Crippen molar-refractivity contribution in [2.24, 2.45) is 0 Å². The summed E-state index contributed by atoms with van der Waals surface area (Å²) in [5.41, 5.74) is 0. The Balaban J connectivity index is 3.06. The molecule has 6 heteroatoms. The molecule has 0 aliphatic heterocycles. The van der Waals surface area contributed by atoms with E-state index in [0.29, 0.717) is 5.82 Å². The average Bonchev–Trinajstić information content (AvgIpc) is 2.29. The summed E-state index contributed by atoms with van der Waals surface area (Å²) in [7, 11) is 0. The topological polar surface area (TPSA) is 81.2 Å². The Hall–Kier alpha value is -1.43. The van der Waals surface area contributed by atoms with Crippen LogP contribution < -0.4 is 0 Å². The number of hydrogen-bond acceptors (Lipinski definition) is 4. The zero-order chi connectivity index (χ0) is 10.9. The number of rotatable bonds is 3. The molecule has 1 heterocycles. The molecule has 0 radical (unpaired) electrons. The third kappa shape index (κ3) is 2.03. The molecular formula is C7H11N3O3. The van der Waals surface area contributed by atoms with Crippen LogP contribution >= 0.6 is 0 Å². The Morgan fingerprint density at radius 1 is 2.00 bits per heavy atom. The maximum atomic E-state index is 10.5. The van der Waals surface area contributed by atoms with Crippen molar-refractivity contribution >= 4 is 5.82 Å². The van der Waals surface area contributed by atoms with E-state index in [0.717, 1.165) is 6.20 Å². The van der Waals surface area contributed by atoms with Gasteiger partial charge in [-0.15, -0.1) is 0 Å². The van der Waals surface area contributed by atoms with E-state index in [4.69, 9.17) is 1.37 Å². The molecule has 0 aliphatic carbocycles. The van der Waals surface area contributed by atoms with Gasteiger partial charge in [-0.3, -0.25) is 0 Å². The van der Waals surface area contributed by atoms with Crippen molar-refractivity contribution in [2.75, 3.05) is 0 Å². The van der Waals surface area contributed by atoms with Crippen LogP contribution in [0, 0.1) is 17.0 Å². The first kappa shape index (κ1) is 8.18. The van der Waals surface area contributed by atoms with E-state index in [1.165, 1.54) is 11.5 Å². The lowest BCUT2D eigenvalue weighted by Gasteiger charge is -2.04. The summed E-state index contributed by atoms with van der Waals surface area (Å²) in [6.07, 6.45) is -0.628. The minimum atomic E-state index is -1.74. The van der Waals surface area contributed by atoms with Crippen molar-refractivity contribution in [3.63, 3.8) is 0 Å². The second-order valence-corrected chi connectivity index (χ2v) is 2.74. The van der Waals surface area contributed by atoms with Gasteiger partial charge in [-0.2, -0.15) is 0 Å². The van der Waals surface area contributed by atoms with E-state index in [1.54, 1.807) is 6.92 Å². The smallest absolute Gasteiger partial charge is 0.342 e. The molecule has 1 rings (SSSR count). The lowest BCUT2D eigenvalue weighted by atomic mass is 10.4. The minimum Gasteiger partial charge on any atom is -0.389 e. The fourth-order valence-electron chi connectivity index (χ4n) is 1.03. The molecule has 0 aromatic carbocycles. The maximum absolute atomic E-state index is 10.5. The monoisotopic (exact) mass is 186 g/mol. The van der Waals surface area contributed by atoms with Crippen LogP contribution in [0.2, 0.25) is 0 Å². The van der Waals surface area contributed by atoms with Gasteiger partial charge < -0.3 is 15.2 Å². The van der Waals surface area contributed by atoms with Crippen LogP contribution in [0.1, 0.15) is 14.1 Å². The summed E-state index contributed by atoms with van der Waals surface area (Å²) in [6, 6.07) is 0. The molecule has 72 valence electrons. The molecule has 0 spiro atoms. The highest BCUT2D eigenvalue weighted by Crippen LogP contribution is 2.13. The Kier molecular flexibility index (Phi) is 2.22. The highest BCUT2D eigenvalue weighted by atomic mass is 16.6. The van der Waals surface area contributed by atoms with Gasteiger partial charge in [0.15, 0.2) is 5.82 Å². The molecule has 0 bridgehead atoms. The van der Waals surface area contributed by atoms with E-state index in [-0.39, 0.29) is 12.4 Å². The molecule has 1 aromatic rings. The van der Waals surface area contributed by atoms with E-state index < -0.39 is 11.0 Å². The molecule has 1 aromatic heterocycles. The normalized spacial score (nSPS) is 16.4. The molecular weight excluding hydrogens is 174 g/mol. The van der Waals surface area contributed by atoms with E-state index in [2.05, 4.69) is 4.98 Å².